The van der Waals surface area contributed by atoms with E-state index in [9.17, 15) is 4.39 Å². The predicted octanol–water partition coefficient (Wildman–Crippen LogP) is 5.40. The molecule has 0 radical (unpaired) electrons. The molecule has 0 aromatic heterocycles. The Kier molecular flexibility index (Phi) is 4.99. The van der Waals surface area contributed by atoms with E-state index in [1.54, 1.807) is 0 Å². The maximum atomic E-state index is 13.8. The molecule has 1 saturated carbocycles. The van der Waals surface area contributed by atoms with Crippen molar-refractivity contribution in [3.63, 3.8) is 0 Å². The van der Waals surface area contributed by atoms with Crippen LogP contribution in [0.4, 0.5) is 4.39 Å². The van der Waals surface area contributed by atoms with Crippen LogP contribution in [0.5, 0.6) is 0 Å². The van der Waals surface area contributed by atoms with Crippen molar-refractivity contribution >= 4 is 23.2 Å². The number of benzene rings is 1. The fraction of sp³-hybridized carbons (Fsp3) is 0.625. The third-order valence-corrected chi connectivity index (χ3v) is 5.66. The first kappa shape index (κ1) is 16.1. The van der Waals surface area contributed by atoms with Gasteiger partial charge in [0.1, 0.15) is 5.82 Å². The molecule has 1 aliphatic carbocycles. The van der Waals surface area contributed by atoms with Crippen LogP contribution in [-0.2, 0) is 0 Å². The second-order valence-corrected chi connectivity index (χ2v) is 6.44. The summed E-state index contributed by atoms with van der Waals surface area (Å²) < 4.78 is 13.8. The number of rotatable bonds is 5. The minimum Gasteiger partial charge on any atom is -0.314 e. The molecule has 2 atom stereocenters. The molecular weight excluding hydrogens is 296 g/mol. The molecule has 2 unspecified atom stereocenters. The van der Waals surface area contributed by atoms with Crippen molar-refractivity contribution in [2.75, 3.05) is 6.54 Å². The van der Waals surface area contributed by atoms with Crippen LogP contribution in [0.1, 0.15) is 51.5 Å². The summed E-state index contributed by atoms with van der Waals surface area (Å²) in [7, 11) is 0. The average molecular weight is 318 g/mol. The van der Waals surface area contributed by atoms with Gasteiger partial charge in [-0.25, -0.2) is 4.39 Å². The Morgan fingerprint density at radius 1 is 1.20 bits per heavy atom. The molecule has 112 valence electrons. The van der Waals surface area contributed by atoms with Crippen LogP contribution in [0.3, 0.4) is 0 Å². The summed E-state index contributed by atoms with van der Waals surface area (Å²) in [5.41, 5.74) is 1.08. The van der Waals surface area contributed by atoms with Crippen molar-refractivity contribution in [3.8, 4) is 0 Å². The molecule has 0 spiro atoms. The van der Waals surface area contributed by atoms with Crippen LogP contribution in [0.25, 0.3) is 0 Å². The third kappa shape index (κ3) is 2.47. The van der Waals surface area contributed by atoms with Gasteiger partial charge in [-0.2, -0.15) is 0 Å². The molecule has 0 bridgehead atoms. The quantitative estimate of drug-likeness (QED) is 0.716. The van der Waals surface area contributed by atoms with Crippen molar-refractivity contribution in [1.29, 1.82) is 0 Å². The maximum absolute atomic E-state index is 13.8. The van der Waals surface area contributed by atoms with Crippen molar-refractivity contribution in [3.05, 3.63) is 33.6 Å². The molecule has 0 amide bonds. The van der Waals surface area contributed by atoms with Crippen LogP contribution >= 0.6 is 23.2 Å². The Bertz CT molecular complexity index is 486. The normalized spacial score (nSPS) is 24.5. The highest BCUT2D eigenvalue weighted by molar-refractivity contribution is 6.35. The summed E-state index contributed by atoms with van der Waals surface area (Å²) in [6.45, 7) is 7.50. The van der Waals surface area contributed by atoms with Gasteiger partial charge in [-0.15, -0.1) is 0 Å². The Morgan fingerprint density at radius 3 is 2.40 bits per heavy atom. The molecule has 1 N–H and O–H groups in total. The molecular formula is C16H22Cl2FN. The van der Waals surface area contributed by atoms with Crippen molar-refractivity contribution in [2.24, 2.45) is 5.41 Å². The zero-order chi connectivity index (χ0) is 14.9. The molecule has 0 heterocycles. The summed E-state index contributed by atoms with van der Waals surface area (Å²) in [5, 5.41) is 4.24. The Hall–Kier alpha value is -0.310. The Morgan fingerprint density at radius 2 is 1.85 bits per heavy atom. The van der Waals surface area contributed by atoms with Crippen LogP contribution in [-0.4, -0.2) is 12.6 Å². The monoisotopic (exact) mass is 317 g/mol. The molecule has 4 heteroatoms. The summed E-state index contributed by atoms with van der Waals surface area (Å²) in [5.74, 6) is -0.0695. The first-order chi connectivity index (χ1) is 9.50. The van der Waals surface area contributed by atoms with E-state index in [0.717, 1.165) is 31.4 Å². The van der Waals surface area contributed by atoms with E-state index in [1.165, 1.54) is 12.1 Å². The lowest BCUT2D eigenvalue weighted by Crippen LogP contribution is -2.58. The smallest absolute Gasteiger partial charge is 0.142 e. The maximum Gasteiger partial charge on any atom is 0.142 e. The van der Waals surface area contributed by atoms with Gasteiger partial charge in [0.15, 0.2) is 0 Å². The molecule has 2 rings (SSSR count). The zero-order valence-electron chi connectivity index (χ0n) is 12.3. The lowest BCUT2D eigenvalue weighted by Gasteiger charge is -2.57. The molecule has 0 saturated heterocycles. The zero-order valence-corrected chi connectivity index (χ0v) is 13.8. The summed E-state index contributed by atoms with van der Waals surface area (Å²) in [6.07, 6.45) is 3.13. The second-order valence-electron chi connectivity index (χ2n) is 5.63. The lowest BCUT2D eigenvalue weighted by molar-refractivity contribution is 0.0209. The minimum absolute atomic E-state index is 0.0971. The molecule has 1 aliphatic rings. The standard InChI is InChI=1S/C16H22Cl2FN/c1-4-16(5-2)11(8-15(16)20-6-3)10-7-14(19)13(18)9-12(10)17/h7,9,11,15,20H,4-6,8H2,1-3H3. The molecule has 20 heavy (non-hydrogen) atoms. The van der Waals surface area contributed by atoms with E-state index in [1.807, 2.05) is 0 Å². The van der Waals surface area contributed by atoms with Gasteiger partial charge in [-0.05, 0) is 54.8 Å². The van der Waals surface area contributed by atoms with E-state index in [4.69, 9.17) is 23.2 Å². The van der Waals surface area contributed by atoms with Crippen molar-refractivity contribution in [2.45, 2.75) is 52.0 Å². The van der Waals surface area contributed by atoms with Crippen molar-refractivity contribution < 1.29 is 4.39 Å². The molecule has 1 fully saturated rings. The summed E-state index contributed by atoms with van der Waals surface area (Å²) >= 11 is 12.1. The van der Waals surface area contributed by atoms with E-state index < -0.39 is 0 Å². The van der Waals surface area contributed by atoms with Gasteiger partial charge in [0, 0.05) is 11.1 Å². The van der Waals surface area contributed by atoms with E-state index in [-0.39, 0.29) is 16.3 Å². The number of hydrogen-bond donors (Lipinski definition) is 1. The van der Waals surface area contributed by atoms with E-state index in [2.05, 4.69) is 26.1 Å². The minimum atomic E-state index is -0.376. The van der Waals surface area contributed by atoms with Gasteiger partial charge in [-0.1, -0.05) is 44.0 Å². The van der Waals surface area contributed by atoms with E-state index >= 15 is 0 Å². The van der Waals surface area contributed by atoms with Crippen LogP contribution in [0.15, 0.2) is 12.1 Å². The summed E-state index contributed by atoms with van der Waals surface area (Å²) in [4.78, 5) is 0. The Labute approximate surface area is 130 Å². The fourth-order valence-electron chi connectivity index (χ4n) is 3.80. The van der Waals surface area contributed by atoms with Gasteiger partial charge >= 0.3 is 0 Å². The highest BCUT2D eigenvalue weighted by Gasteiger charge is 2.53. The van der Waals surface area contributed by atoms with Crippen molar-refractivity contribution in [1.82, 2.24) is 5.32 Å². The first-order valence-electron chi connectivity index (χ1n) is 7.37. The fourth-order valence-corrected chi connectivity index (χ4v) is 4.31. The molecule has 0 aliphatic heterocycles. The van der Waals surface area contributed by atoms with Gasteiger partial charge < -0.3 is 5.32 Å². The SMILES string of the molecule is CCNC1CC(c2cc(F)c(Cl)cc2Cl)C1(CC)CC. The third-order valence-electron chi connectivity index (χ3n) is 5.04. The van der Waals surface area contributed by atoms with E-state index in [0.29, 0.717) is 17.0 Å². The number of nitrogens with one attached hydrogen (secondary N) is 1. The molecule has 1 aromatic carbocycles. The largest absolute Gasteiger partial charge is 0.314 e. The highest BCUT2D eigenvalue weighted by Crippen LogP contribution is 2.58. The number of hydrogen-bond acceptors (Lipinski definition) is 1. The Balaban J connectivity index is 2.36. The van der Waals surface area contributed by atoms with Crippen LogP contribution in [0, 0.1) is 11.2 Å². The lowest BCUT2D eigenvalue weighted by atomic mass is 9.51. The van der Waals surface area contributed by atoms with Gasteiger partial charge in [0.25, 0.3) is 0 Å². The second kappa shape index (κ2) is 6.21. The molecule has 1 aromatic rings. The predicted molar refractivity (Wildman–Crippen MR) is 84.3 cm³/mol. The van der Waals surface area contributed by atoms with Gasteiger partial charge in [0.05, 0.1) is 5.02 Å². The first-order valence-corrected chi connectivity index (χ1v) is 8.13. The van der Waals surface area contributed by atoms with Gasteiger partial charge in [0.2, 0.25) is 0 Å². The van der Waals surface area contributed by atoms with Crippen LogP contribution in [0.2, 0.25) is 10.0 Å². The average Bonchev–Trinajstić information content (AvgIpc) is 2.41. The summed E-state index contributed by atoms with van der Waals surface area (Å²) in [6, 6.07) is 3.55. The molecule has 1 nitrogen and oxygen atoms in total. The van der Waals surface area contributed by atoms with Crippen LogP contribution < -0.4 is 5.32 Å². The van der Waals surface area contributed by atoms with Gasteiger partial charge in [-0.3, -0.25) is 0 Å². The number of halogens is 3. The topological polar surface area (TPSA) is 12.0 Å². The highest BCUT2D eigenvalue weighted by atomic mass is 35.5.